The van der Waals surface area contributed by atoms with E-state index in [1.54, 1.807) is 11.8 Å². The first-order chi connectivity index (χ1) is 14.8. The normalized spacial score (nSPS) is 16.5. The number of imidazole rings is 1. The van der Waals surface area contributed by atoms with Gasteiger partial charge in [0.15, 0.2) is 11.5 Å². The molecule has 31 heavy (non-hydrogen) atoms. The molecule has 3 aromatic heterocycles. The van der Waals surface area contributed by atoms with E-state index >= 15 is 0 Å². The van der Waals surface area contributed by atoms with Gasteiger partial charge in [0.25, 0.3) is 0 Å². The first-order valence-electron chi connectivity index (χ1n) is 10.3. The Balaban J connectivity index is 1.49. The number of hydrogen-bond acceptors (Lipinski definition) is 9. The van der Waals surface area contributed by atoms with Gasteiger partial charge < -0.3 is 10.1 Å². The Bertz CT molecular complexity index is 1080. The summed E-state index contributed by atoms with van der Waals surface area (Å²) in [5.74, 6) is 0.898. The summed E-state index contributed by atoms with van der Waals surface area (Å²) in [7, 11) is -1.07. The first-order valence-corrected chi connectivity index (χ1v) is 16.0. The summed E-state index contributed by atoms with van der Waals surface area (Å²) in [4.78, 5) is 9.41. The van der Waals surface area contributed by atoms with E-state index in [9.17, 15) is 0 Å². The van der Waals surface area contributed by atoms with E-state index in [1.165, 1.54) is 17.6 Å². The fourth-order valence-corrected chi connectivity index (χ4v) is 5.09. The summed E-state index contributed by atoms with van der Waals surface area (Å²) in [5, 5.41) is 11.8. The quantitative estimate of drug-likeness (QED) is 0.274. The number of hydrogen-bond donors (Lipinski definition) is 1. The van der Waals surface area contributed by atoms with Crippen molar-refractivity contribution in [1.29, 1.82) is 0 Å². The van der Waals surface area contributed by atoms with Crippen molar-refractivity contribution in [3.05, 3.63) is 29.8 Å². The van der Waals surface area contributed by atoms with Gasteiger partial charge in [0.1, 0.15) is 16.8 Å². The van der Waals surface area contributed by atoms with Crippen LogP contribution in [0, 0.1) is 6.92 Å². The van der Waals surface area contributed by atoms with Crippen molar-refractivity contribution >= 4 is 54.0 Å². The highest BCUT2D eigenvalue weighted by Gasteiger charge is 2.24. The van der Waals surface area contributed by atoms with Crippen LogP contribution < -0.4 is 5.32 Å². The largest absolute Gasteiger partial charge is 0.360 e. The van der Waals surface area contributed by atoms with Gasteiger partial charge in [0.2, 0.25) is 0 Å². The minimum atomic E-state index is -1.07. The van der Waals surface area contributed by atoms with Crippen molar-refractivity contribution in [1.82, 2.24) is 23.8 Å². The molecule has 1 aliphatic rings. The Hall–Kier alpha value is -1.95. The van der Waals surface area contributed by atoms with Gasteiger partial charge in [-0.3, -0.25) is 9.41 Å². The van der Waals surface area contributed by atoms with Crippen molar-refractivity contribution < 1.29 is 4.74 Å². The number of rotatable bonds is 9. The maximum Gasteiger partial charge on any atom is 0.180 e. The number of aryl methyl sites for hydroxylation is 1. The van der Waals surface area contributed by atoms with Crippen LogP contribution in [0.1, 0.15) is 17.3 Å². The van der Waals surface area contributed by atoms with Crippen LogP contribution >= 0.6 is 23.3 Å². The molecule has 11 heteroatoms. The molecule has 3 aromatic rings. The van der Waals surface area contributed by atoms with Gasteiger partial charge in [-0.1, -0.05) is 19.6 Å². The molecule has 0 aromatic carbocycles. The topological polar surface area (TPSA) is 79.9 Å². The van der Waals surface area contributed by atoms with Crippen LogP contribution in [0.25, 0.3) is 5.65 Å². The van der Waals surface area contributed by atoms with Gasteiger partial charge in [-0.15, -0.1) is 11.8 Å². The van der Waals surface area contributed by atoms with Gasteiger partial charge in [0, 0.05) is 27.1 Å². The zero-order valence-corrected chi connectivity index (χ0v) is 21.3. The van der Waals surface area contributed by atoms with Crippen molar-refractivity contribution in [2.24, 2.45) is 5.10 Å². The minimum Gasteiger partial charge on any atom is -0.360 e. The van der Waals surface area contributed by atoms with E-state index in [0.29, 0.717) is 6.73 Å². The molecule has 0 saturated carbocycles. The van der Waals surface area contributed by atoms with Gasteiger partial charge in [-0.25, -0.2) is 9.97 Å². The Morgan fingerprint density at radius 1 is 1.35 bits per heavy atom. The van der Waals surface area contributed by atoms with Crippen LogP contribution in [0.4, 0.5) is 10.8 Å². The fourth-order valence-electron chi connectivity index (χ4n) is 3.28. The molecule has 4 heterocycles. The average Bonchev–Trinajstić information content (AvgIpc) is 3.44. The van der Waals surface area contributed by atoms with Gasteiger partial charge in [-0.2, -0.15) is 9.47 Å². The van der Waals surface area contributed by atoms with E-state index < -0.39 is 8.07 Å². The zero-order chi connectivity index (χ0) is 22.0. The molecular formula is C20H29N7OS2Si. The monoisotopic (exact) mass is 475 g/mol. The lowest BCUT2D eigenvalue weighted by Gasteiger charge is -2.19. The summed E-state index contributed by atoms with van der Waals surface area (Å²) in [6, 6.07) is 3.18. The zero-order valence-electron chi connectivity index (χ0n) is 18.6. The number of nitrogens with zero attached hydrogens (tertiary/aromatic N) is 6. The smallest absolute Gasteiger partial charge is 0.180 e. The summed E-state index contributed by atoms with van der Waals surface area (Å²) in [6.45, 7) is 11.2. The summed E-state index contributed by atoms with van der Waals surface area (Å²) in [5.41, 5.74) is 2.89. The Labute approximate surface area is 192 Å². The number of anilines is 2. The second kappa shape index (κ2) is 9.27. The molecule has 4 rings (SSSR count). The molecule has 0 spiro atoms. The van der Waals surface area contributed by atoms with Crippen molar-refractivity contribution in [3.8, 4) is 0 Å². The molecule has 0 fully saturated rings. The van der Waals surface area contributed by atoms with Crippen LogP contribution in [-0.2, 0) is 4.74 Å². The van der Waals surface area contributed by atoms with Gasteiger partial charge in [-0.05, 0) is 36.8 Å². The third kappa shape index (κ3) is 5.46. The van der Waals surface area contributed by atoms with Crippen LogP contribution in [0.5, 0.6) is 0 Å². The summed E-state index contributed by atoms with van der Waals surface area (Å²) in [6.07, 6.45) is 8.00. The predicted molar refractivity (Wildman–Crippen MR) is 132 cm³/mol. The van der Waals surface area contributed by atoms with Gasteiger partial charge in [0.05, 0.1) is 30.0 Å². The average molecular weight is 476 g/mol. The van der Waals surface area contributed by atoms with Crippen molar-refractivity contribution in [3.63, 3.8) is 0 Å². The van der Waals surface area contributed by atoms with E-state index in [-0.39, 0.29) is 5.92 Å². The number of ether oxygens (including phenoxy) is 1. The standard InChI is InChI=1S/C20H29N7OS2Si/c1-14-8-17(30-25-14)23-19-20-21-10-16(27(20)12-18(24-19)29-2)15-9-22-26(11-15)13-28-6-7-31(3,4)5/h8-10,12,15H,6-7,11,13H2,1-5H3,(H,23,24). The van der Waals surface area contributed by atoms with Crippen molar-refractivity contribution in [2.75, 3.05) is 31.5 Å². The number of hydrazone groups is 1. The minimum absolute atomic E-state index is 0.159. The highest BCUT2D eigenvalue weighted by atomic mass is 32.2. The fraction of sp³-hybridized carbons (Fsp3) is 0.500. The second-order valence-electron chi connectivity index (χ2n) is 8.87. The molecule has 0 amide bonds. The second-order valence-corrected chi connectivity index (χ2v) is 16.1. The summed E-state index contributed by atoms with van der Waals surface area (Å²) < 4.78 is 12.3. The lowest BCUT2D eigenvalue weighted by molar-refractivity contribution is 0.0418. The summed E-state index contributed by atoms with van der Waals surface area (Å²) >= 11 is 3.04. The molecule has 0 bridgehead atoms. The Morgan fingerprint density at radius 2 is 2.19 bits per heavy atom. The molecule has 8 nitrogen and oxygen atoms in total. The van der Waals surface area contributed by atoms with E-state index in [1.807, 2.05) is 42.9 Å². The number of nitrogens with one attached hydrogen (secondary N) is 1. The molecule has 0 aliphatic carbocycles. The van der Waals surface area contributed by atoms with Gasteiger partial charge >= 0.3 is 0 Å². The lowest BCUT2D eigenvalue weighted by atomic mass is 10.1. The Kier molecular flexibility index (Phi) is 6.65. The Morgan fingerprint density at radius 3 is 2.90 bits per heavy atom. The first kappa shape index (κ1) is 22.2. The third-order valence-corrected chi connectivity index (χ3v) is 8.13. The molecule has 1 aliphatic heterocycles. The maximum atomic E-state index is 5.87. The van der Waals surface area contributed by atoms with Crippen LogP contribution in [-0.4, -0.2) is 64.2 Å². The highest BCUT2D eigenvalue weighted by molar-refractivity contribution is 7.98. The predicted octanol–water partition coefficient (Wildman–Crippen LogP) is 4.66. The molecule has 0 saturated heterocycles. The molecule has 166 valence electrons. The lowest BCUT2D eigenvalue weighted by Crippen LogP contribution is -2.25. The maximum absolute atomic E-state index is 5.87. The molecule has 1 unspecified atom stereocenters. The van der Waals surface area contributed by atoms with E-state index in [2.05, 4.69) is 43.8 Å². The number of thioether (sulfide) groups is 1. The van der Waals surface area contributed by atoms with Crippen molar-refractivity contribution in [2.45, 2.75) is 43.6 Å². The highest BCUT2D eigenvalue weighted by Crippen LogP contribution is 2.29. The third-order valence-electron chi connectivity index (χ3n) is 5.01. The molecular weight excluding hydrogens is 446 g/mol. The van der Waals surface area contributed by atoms with Crippen LogP contribution in [0.3, 0.4) is 0 Å². The van der Waals surface area contributed by atoms with Crippen LogP contribution in [0.15, 0.2) is 28.6 Å². The van der Waals surface area contributed by atoms with Crippen LogP contribution in [0.2, 0.25) is 25.7 Å². The number of aromatic nitrogens is 4. The molecule has 1 N–H and O–H groups in total. The SMILES string of the molecule is CSc1cn2c(C3C=NN(COCC[Si](C)(C)C)C3)cnc2c(Nc2cc(C)ns2)n1. The molecule has 1 atom stereocenters. The number of fused-ring (bicyclic) bond motifs is 1. The van der Waals surface area contributed by atoms with E-state index in [0.717, 1.165) is 46.0 Å². The van der Waals surface area contributed by atoms with E-state index in [4.69, 9.17) is 9.72 Å². The molecule has 0 radical (unpaired) electrons.